The molecule has 3 aromatic rings. The number of carbonyl (C=O) groups excluding carboxylic acids is 2. The van der Waals surface area contributed by atoms with Gasteiger partial charge in [-0.15, -0.1) is 0 Å². The molecule has 0 saturated carbocycles. The van der Waals surface area contributed by atoms with E-state index < -0.39 is 17.7 Å². The normalized spacial score (nSPS) is 16.9. The Hall–Kier alpha value is -4.26. The number of carbonyl (C=O) groups is 2. The molecule has 1 atom stereocenters. The summed E-state index contributed by atoms with van der Waals surface area (Å²) in [5.41, 5.74) is 4.28. The maximum absolute atomic E-state index is 13.7. The predicted molar refractivity (Wildman–Crippen MR) is 155 cm³/mol. The Balaban J connectivity index is 1.99. The molecule has 1 amide bonds. The van der Waals surface area contributed by atoms with E-state index in [4.69, 9.17) is 9.47 Å². The second-order valence-corrected chi connectivity index (χ2v) is 11.0. The first-order chi connectivity index (χ1) is 18.4. The molecule has 0 radical (unpaired) electrons. The van der Waals surface area contributed by atoms with E-state index >= 15 is 0 Å². The number of amides is 1. The molecule has 0 bridgehead atoms. The average Bonchev–Trinajstić information content (AvgIpc) is 3.17. The molecule has 1 heterocycles. The lowest BCUT2D eigenvalue weighted by Crippen LogP contribution is -2.29. The highest BCUT2D eigenvalue weighted by Crippen LogP contribution is 2.45. The Morgan fingerprint density at radius 3 is 2.10 bits per heavy atom. The Morgan fingerprint density at radius 2 is 1.54 bits per heavy atom. The molecular formula is C32H36N2O5. The molecule has 204 valence electrons. The minimum atomic E-state index is -0.882. The Bertz CT molecular complexity index is 1450. The number of aliphatic hydroxyl groups excluding tert-OH is 1. The molecule has 0 aliphatic carbocycles. The van der Waals surface area contributed by atoms with Crippen LogP contribution >= 0.6 is 0 Å². The van der Waals surface area contributed by atoms with Gasteiger partial charge in [0.25, 0.3) is 11.7 Å². The lowest BCUT2D eigenvalue weighted by atomic mass is 9.84. The summed E-state index contributed by atoms with van der Waals surface area (Å²) in [5, 5.41) is 11.7. The predicted octanol–water partition coefficient (Wildman–Crippen LogP) is 6.00. The molecule has 4 rings (SSSR count). The highest BCUT2D eigenvalue weighted by molar-refractivity contribution is 6.51. The van der Waals surface area contributed by atoms with E-state index in [1.165, 1.54) is 12.0 Å². The van der Waals surface area contributed by atoms with Crippen molar-refractivity contribution in [2.24, 2.45) is 0 Å². The van der Waals surface area contributed by atoms with Crippen LogP contribution in [-0.4, -0.2) is 45.1 Å². The number of nitrogens with zero attached hydrogens (tertiary/aromatic N) is 2. The maximum atomic E-state index is 13.7. The smallest absolute Gasteiger partial charge is 0.300 e. The number of aryl methyl sites for hydroxylation is 1. The van der Waals surface area contributed by atoms with Crippen molar-refractivity contribution in [1.29, 1.82) is 0 Å². The second kappa shape index (κ2) is 10.5. The topological polar surface area (TPSA) is 79.3 Å². The van der Waals surface area contributed by atoms with Crippen LogP contribution in [0.15, 0.2) is 66.2 Å². The third-order valence-corrected chi connectivity index (χ3v) is 7.17. The lowest BCUT2D eigenvalue weighted by Gasteiger charge is -2.27. The van der Waals surface area contributed by atoms with E-state index in [-0.39, 0.29) is 16.7 Å². The van der Waals surface area contributed by atoms with Gasteiger partial charge in [-0.05, 0) is 71.5 Å². The third-order valence-electron chi connectivity index (χ3n) is 7.17. The zero-order valence-corrected chi connectivity index (χ0v) is 23.8. The molecule has 3 aromatic carbocycles. The van der Waals surface area contributed by atoms with Crippen molar-refractivity contribution in [3.8, 4) is 11.5 Å². The van der Waals surface area contributed by atoms with Crippen molar-refractivity contribution >= 4 is 28.8 Å². The number of methoxy groups -OCH3 is 2. The first kappa shape index (κ1) is 27.8. The summed E-state index contributed by atoms with van der Waals surface area (Å²) in [5.74, 6) is -0.691. The lowest BCUT2D eigenvalue weighted by molar-refractivity contribution is -0.132. The number of rotatable bonds is 6. The highest BCUT2D eigenvalue weighted by atomic mass is 16.5. The number of Topliss-reactive ketones (excluding diaryl/α,β-unsaturated/α-hetero) is 1. The SMILES string of the molecule is COc1ccc(C2/C(=C(\O)c3cc(C(C)(C)C)ccc3C)C(=O)C(=O)N2c2ccc(N(C)C)cc2)cc1OC. The van der Waals surface area contributed by atoms with E-state index in [1.54, 1.807) is 37.4 Å². The van der Waals surface area contributed by atoms with E-state index in [0.717, 1.165) is 16.8 Å². The van der Waals surface area contributed by atoms with Crippen LogP contribution in [0, 0.1) is 6.92 Å². The summed E-state index contributed by atoms with van der Waals surface area (Å²) in [7, 11) is 6.93. The maximum Gasteiger partial charge on any atom is 0.300 e. The fraction of sp³-hybridized carbons (Fsp3) is 0.312. The minimum absolute atomic E-state index is 0.0260. The fourth-order valence-corrected chi connectivity index (χ4v) is 4.84. The van der Waals surface area contributed by atoms with Crippen molar-refractivity contribution in [2.75, 3.05) is 38.1 Å². The highest BCUT2D eigenvalue weighted by Gasteiger charge is 2.47. The van der Waals surface area contributed by atoms with Crippen LogP contribution < -0.4 is 19.3 Å². The molecule has 1 aliphatic rings. The van der Waals surface area contributed by atoms with E-state index in [9.17, 15) is 14.7 Å². The van der Waals surface area contributed by atoms with Crippen molar-refractivity contribution < 1.29 is 24.2 Å². The second-order valence-electron chi connectivity index (χ2n) is 11.0. The average molecular weight is 529 g/mol. The summed E-state index contributed by atoms with van der Waals surface area (Å²) in [6, 6.07) is 17.6. The summed E-state index contributed by atoms with van der Waals surface area (Å²) in [6.07, 6.45) is 0. The van der Waals surface area contributed by atoms with Gasteiger partial charge in [0.2, 0.25) is 0 Å². The third kappa shape index (κ3) is 5.09. The van der Waals surface area contributed by atoms with Crippen molar-refractivity contribution in [2.45, 2.75) is 39.2 Å². The summed E-state index contributed by atoms with van der Waals surface area (Å²) < 4.78 is 10.9. The van der Waals surface area contributed by atoms with Gasteiger partial charge in [0.05, 0.1) is 25.8 Å². The standard InChI is InChI=1S/C32H36N2O5/c1-19-9-11-21(32(2,3)4)18-24(19)29(35)27-28(20-10-16-25(38-7)26(17-20)39-8)34(31(37)30(27)36)23-14-12-22(13-15-23)33(5)6/h9-18,28,35H,1-8H3/b29-27+. The van der Waals surface area contributed by atoms with Gasteiger partial charge in [0.15, 0.2) is 11.5 Å². The van der Waals surface area contributed by atoms with Crippen LogP contribution in [0.25, 0.3) is 5.76 Å². The molecule has 1 saturated heterocycles. The summed E-state index contributed by atoms with van der Waals surface area (Å²) in [6.45, 7) is 8.13. The van der Waals surface area contributed by atoms with Crippen LogP contribution in [0.1, 0.15) is 49.1 Å². The Morgan fingerprint density at radius 1 is 0.897 bits per heavy atom. The minimum Gasteiger partial charge on any atom is -0.507 e. The quantitative estimate of drug-likeness (QED) is 0.240. The molecular weight excluding hydrogens is 492 g/mol. The van der Waals surface area contributed by atoms with Gasteiger partial charge < -0.3 is 19.5 Å². The van der Waals surface area contributed by atoms with Crippen molar-refractivity contribution in [3.05, 3.63) is 88.5 Å². The number of ketones is 1. The first-order valence-corrected chi connectivity index (χ1v) is 12.8. The number of hydrogen-bond donors (Lipinski definition) is 1. The van der Waals surface area contributed by atoms with E-state index in [1.807, 2.05) is 56.3 Å². The number of anilines is 2. The number of benzene rings is 3. The van der Waals surface area contributed by atoms with Crippen LogP contribution in [-0.2, 0) is 15.0 Å². The molecule has 0 aromatic heterocycles. The van der Waals surface area contributed by atoms with Crippen LogP contribution in [0.5, 0.6) is 11.5 Å². The zero-order valence-electron chi connectivity index (χ0n) is 23.8. The van der Waals surface area contributed by atoms with Crippen LogP contribution in [0.2, 0.25) is 0 Å². The van der Waals surface area contributed by atoms with Gasteiger partial charge in [0.1, 0.15) is 5.76 Å². The van der Waals surface area contributed by atoms with Crippen LogP contribution in [0.3, 0.4) is 0 Å². The molecule has 1 N–H and O–H groups in total. The van der Waals surface area contributed by atoms with Gasteiger partial charge in [0, 0.05) is 31.0 Å². The van der Waals surface area contributed by atoms with Gasteiger partial charge in [-0.1, -0.05) is 39.0 Å². The fourth-order valence-electron chi connectivity index (χ4n) is 4.84. The molecule has 0 spiro atoms. The number of ether oxygens (including phenoxy) is 2. The van der Waals surface area contributed by atoms with Crippen molar-refractivity contribution in [3.63, 3.8) is 0 Å². The van der Waals surface area contributed by atoms with E-state index in [0.29, 0.717) is 28.3 Å². The first-order valence-electron chi connectivity index (χ1n) is 12.8. The molecule has 7 nitrogen and oxygen atoms in total. The van der Waals surface area contributed by atoms with Gasteiger partial charge in [-0.2, -0.15) is 0 Å². The Labute approximate surface area is 230 Å². The monoisotopic (exact) mass is 528 g/mol. The van der Waals surface area contributed by atoms with Gasteiger partial charge in [-0.25, -0.2) is 0 Å². The van der Waals surface area contributed by atoms with E-state index in [2.05, 4.69) is 20.8 Å². The zero-order chi connectivity index (χ0) is 28.6. The van der Waals surface area contributed by atoms with Crippen molar-refractivity contribution in [1.82, 2.24) is 0 Å². The molecule has 7 heteroatoms. The molecule has 1 fully saturated rings. The summed E-state index contributed by atoms with van der Waals surface area (Å²) in [4.78, 5) is 30.7. The van der Waals surface area contributed by atoms with Gasteiger partial charge >= 0.3 is 0 Å². The Kier molecular flexibility index (Phi) is 7.46. The molecule has 1 aliphatic heterocycles. The summed E-state index contributed by atoms with van der Waals surface area (Å²) >= 11 is 0. The number of hydrogen-bond acceptors (Lipinski definition) is 6. The largest absolute Gasteiger partial charge is 0.507 e. The number of aliphatic hydroxyl groups is 1. The van der Waals surface area contributed by atoms with Crippen LogP contribution in [0.4, 0.5) is 11.4 Å². The molecule has 1 unspecified atom stereocenters. The van der Waals surface area contributed by atoms with Gasteiger partial charge in [-0.3, -0.25) is 14.5 Å². The molecule has 39 heavy (non-hydrogen) atoms.